The van der Waals surface area contributed by atoms with Crippen LogP contribution in [0.15, 0.2) is 0 Å². The first-order chi connectivity index (χ1) is 7.85. The predicted octanol–water partition coefficient (Wildman–Crippen LogP) is 2.29. The summed E-state index contributed by atoms with van der Waals surface area (Å²) in [5, 5.41) is 3.48. The summed E-state index contributed by atoms with van der Waals surface area (Å²) >= 11 is 3.25. The zero-order valence-corrected chi connectivity index (χ0v) is 12.5. The highest BCUT2D eigenvalue weighted by Gasteiger charge is 2.16. The van der Waals surface area contributed by atoms with E-state index in [0.717, 1.165) is 5.33 Å². The van der Waals surface area contributed by atoms with Crippen LogP contribution in [-0.2, 0) is 14.2 Å². The van der Waals surface area contributed by atoms with Crippen molar-refractivity contribution < 1.29 is 19.0 Å². The molecule has 6 heteroatoms. The Kier molecular flexibility index (Phi) is 8.55. The summed E-state index contributed by atoms with van der Waals surface area (Å²) in [6, 6.07) is 0. The third kappa shape index (κ3) is 11.9. The van der Waals surface area contributed by atoms with Crippen LogP contribution >= 0.6 is 15.9 Å². The fraction of sp³-hybridized carbons (Fsp3) is 0.909. The van der Waals surface area contributed by atoms with E-state index in [9.17, 15) is 4.79 Å². The lowest BCUT2D eigenvalue weighted by Crippen LogP contribution is -2.42. The quantitative estimate of drug-likeness (QED) is 0.445. The molecular weight excluding hydrogens is 290 g/mol. The van der Waals surface area contributed by atoms with Gasteiger partial charge < -0.3 is 19.5 Å². The molecule has 1 N–H and O–H groups in total. The molecule has 0 fully saturated rings. The zero-order chi connectivity index (χ0) is 13.3. The Labute approximate surface area is 111 Å². The molecule has 0 saturated heterocycles. The Bertz CT molecular complexity index is 218. The van der Waals surface area contributed by atoms with Gasteiger partial charge in [-0.15, -0.1) is 0 Å². The lowest BCUT2D eigenvalue weighted by Gasteiger charge is -2.22. The SMILES string of the molecule is CC(OCCOCCBr)OC(=O)NC(C)(C)C. The van der Waals surface area contributed by atoms with Crippen molar-refractivity contribution in [2.75, 3.05) is 25.2 Å². The molecule has 0 heterocycles. The first-order valence-electron chi connectivity index (χ1n) is 5.59. The maximum atomic E-state index is 11.4. The summed E-state index contributed by atoms with van der Waals surface area (Å²) < 4.78 is 15.4. The third-order valence-electron chi connectivity index (χ3n) is 1.55. The smallest absolute Gasteiger partial charge is 0.409 e. The van der Waals surface area contributed by atoms with Crippen molar-refractivity contribution in [3.63, 3.8) is 0 Å². The fourth-order valence-electron chi connectivity index (χ4n) is 0.950. The number of ether oxygens (including phenoxy) is 3. The van der Waals surface area contributed by atoms with Gasteiger partial charge in [-0.05, 0) is 27.7 Å². The number of rotatable bonds is 7. The second-order valence-electron chi connectivity index (χ2n) is 4.52. The Morgan fingerprint density at radius 3 is 2.47 bits per heavy atom. The molecular formula is C11H22BrNO4. The van der Waals surface area contributed by atoms with E-state index in [2.05, 4.69) is 21.2 Å². The predicted molar refractivity (Wildman–Crippen MR) is 69.4 cm³/mol. The maximum Gasteiger partial charge on any atom is 0.409 e. The van der Waals surface area contributed by atoms with E-state index < -0.39 is 12.4 Å². The number of carbonyl (C=O) groups is 1. The van der Waals surface area contributed by atoms with Gasteiger partial charge in [0.1, 0.15) is 0 Å². The molecule has 0 radical (unpaired) electrons. The first kappa shape index (κ1) is 16.7. The van der Waals surface area contributed by atoms with Crippen molar-refractivity contribution in [3.8, 4) is 0 Å². The molecule has 1 unspecified atom stereocenters. The molecule has 0 aromatic heterocycles. The van der Waals surface area contributed by atoms with Crippen LogP contribution in [-0.4, -0.2) is 43.1 Å². The van der Waals surface area contributed by atoms with E-state index in [1.807, 2.05) is 20.8 Å². The lowest BCUT2D eigenvalue weighted by molar-refractivity contribution is -0.104. The molecule has 0 saturated carbocycles. The molecule has 0 aromatic rings. The molecule has 0 aliphatic rings. The number of alkyl halides is 1. The van der Waals surface area contributed by atoms with Gasteiger partial charge >= 0.3 is 6.09 Å². The van der Waals surface area contributed by atoms with E-state index in [0.29, 0.717) is 19.8 Å². The minimum Gasteiger partial charge on any atom is -0.420 e. The van der Waals surface area contributed by atoms with Crippen LogP contribution in [0.5, 0.6) is 0 Å². The van der Waals surface area contributed by atoms with E-state index >= 15 is 0 Å². The van der Waals surface area contributed by atoms with E-state index in [-0.39, 0.29) is 5.54 Å². The highest BCUT2D eigenvalue weighted by atomic mass is 79.9. The molecule has 0 aliphatic heterocycles. The summed E-state index contributed by atoms with van der Waals surface area (Å²) in [6.45, 7) is 8.85. The number of amides is 1. The minimum atomic E-state index is -0.579. The highest BCUT2D eigenvalue weighted by molar-refractivity contribution is 9.09. The Balaban J connectivity index is 3.57. The summed E-state index contributed by atoms with van der Waals surface area (Å²) in [5.74, 6) is 0. The molecule has 0 bridgehead atoms. The van der Waals surface area contributed by atoms with Gasteiger partial charge in [-0.3, -0.25) is 0 Å². The number of nitrogens with one attached hydrogen (secondary N) is 1. The molecule has 0 rings (SSSR count). The van der Waals surface area contributed by atoms with Gasteiger partial charge in [0.05, 0.1) is 19.8 Å². The molecule has 5 nitrogen and oxygen atoms in total. The summed E-state index contributed by atoms with van der Waals surface area (Å²) in [7, 11) is 0. The van der Waals surface area contributed by atoms with Crippen molar-refractivity contribution in [1.29, 1.82) is 0 Å². The largest absolute Gasteiger partial charge is 0.420 e. The van der Waals surface area contributed by atoms with Crippen molar-refractivity contribution in [2.45, 2.75) is 39.5 Å². The fourth-order valence-corrected chi connectivity index (χ4v) is 1.18. The van der Waals surface area contributed by atoms with Crippen LogP contribution in [0, 0.1) is 0 Å². The molecule has 0 aromatic carbocycles. The second-order valence-corrected chi connectivity index (χ2v) is 5.31. The second kappa shape index (κ2) is 8.72. The normalized spacial score (nSPS) is 13.2. The summed E-state index contributed by atoms with van der Waals surface area (Å²) in [5.41, 5.74) is -0.310. The lowest BCUT2D eigenvalue weighted by atomic mass is 10.1. The number of alkyl carbamates (subject to hydrolysis) is 1. The van der Waals surface area contributed by atoms with Gasteiger partial charge in [-0.25, -0.2) is 4.79 Å². The van der Waals surface area contributed by atoms with Gasteiger partial charge in [-0.1, -0.05) is 15.9 Å². The van der Waals surface area contributed by atoms with Crippen LogP contribution in [0.1, 0.15) is 27.7 Å². The maximum absolute atomic E-state index is 11.4. The minimum absolute atomic E-state index is 0.310. The summed E-state index contributed by atoms with van der Waals surface area (Å²) in [4.78, 5) is 11.4. The number of hydrogen-bond acceptors (Lipinski definition) is 4. The molecule has 0 aliphatic carbocycles. The molecule has 1 atom stereocenters. The van der Waals surface area contributed by atoms with Crippen LogP contribution in [0.3, 0.4) is 0 Å². The Morgan fingerprint density at radius 1 is 1.29 bits per heavy atom. The van der Waals surface area contributed by atoms with Gasteiger partial charge in [-0.2, -0.15) is 0 Å². The van der Waals surface area contributed by atoms with Crippen LogP contribution in [0.25, 0.3) is 0 Å². The van der Waals surface area contributed by atoms with Crippen LogP contribution in [0.2, 0.25) is 0 Å². The Morgan fingerprint density at radius 2 is 1.94 bits per heavy atom. The van der Waals surface area contributed by atoms with Crippen molar-refractivity contribution in [3.05, 3.63) is 0 Å². The average Bonchev–Trinajstić information content (AvgIpc) is 2.14. The van der Waals surface area contributed by atoms with Gasteiger partial charge in [0.2, 0.25) is 6.29 Å². The van der Waals surface area contributed by atoms with Crippen molar-refractivity contribution in [1.82, 2.24) is 5.32 Å². The monoisotopic (exact) mass is 311 g/mol. The number of hydrogen-bond donors (Lipinski definition) is 1. The highest BCUT2D eigenvalue weighted by Crippen LogP contribution is 2.01. The molecule has 1 amide bonds. The zero-order valence-electron chi connectivity index (χ0n) is 10.9. The van der Waals surface area contributed by atoms with Crippen LogP contribution < -0.4 is 5.32 Å². The van der Waals surface area contributed by atoms with Crippen LogP contribution in [0.4, 0.5) is 4.79 Å². The third-order valence-corrected chi connectivity index (χ3v) is 1.88. The van der Waals surface area contributed by atoms with Gasteiger partial charge in [0.25, 0.3) is 0 Å². The standard InChI is InChI=1S/C11H22BrNO4/c1-9(16-8-7-15-6-5-12)17-10(14)13-11(2,3)4/h9H,5-8H2,1-4H3,(H,13,14). The van der Waals surface area contributed by atoms with E-state index in [1.165, 1.54) is 0 Å². The van der Waals surface area contributed by atoms with E-state index in [4.69, 9.17) is 14.2 Å². The number of carbonyl (C=O) groups excluding carboxylic acids is 1. The average molecular weight is 312 g/mol. The molecule has 17 heavy (non-hydrogen) atoms. The van der Waals surface area contributed by atoms with Crippen molar-refractivity contribution in [2.24, 2.45) is 0 Å². The molecule has 0 spiro atoms. The molecule has 102 valence electrons. The first-order valence-corrected chi connectivity index (χ1v) is 6.71. The van der Waals surface area contributed by atoms with Gasteiger partial charge in [0.15, 0.2) is 0 Å². The number of halogens is 1. The Hall–Kier alpha value is -0.330. The van der Waals surface area contributed by atoms with E-state index in [1.54, 1.807) is 6.92 Å². The van der Waals surface area contributed by atoms with Crippen molar-refractivity contribution >= 4 is 22.0 Å². The summed E-state index contributed by atoms with van der Waals surface area (Å²) in [6.07, 6.45) is -1.06. The van der Waals surface area contributed by atoms with Gasteiger partial charge in [0, 0.05) is 10.9 Å². The topological polar surface area (TPSA) is 56.8 Å².